The van der Waals surface area contributed by atoms with Crippen molar-refractivity contribution in [1.82, 2.24) is 4.98 Å². The number of carbonyl (C=O) groups is 1. The summed E-state index contributed by atoms with van der Waals surface area (Å²) < 4.78 is 0. The van der Waals surface area contributed by atoms with Crippen LogP contribution >= 0.6 is 12.4 Å². The number of amides is 1. The number of hydrogen-bond acceptors (Lipinski definition) is 2. The third kappa shape index (κ3) is 2.09. The standard InChI is InChI=1S/C6H6N2O2.ClH/c7-5(9)4-2-1-3-8-6(4)10;/h1-3H,(H2,7,9)(H,8,10);1H. The molecule has 0 aliphatic carbocycles. The fourth-order valence-electron chi connectivity index (χ4n) is 0.616. The molecule has 0 fully saturated rings. The highest BCUT2D eigenvalue weighted by Crippen LogP contribution is 1.84. The van der Waals surface area contributed by atoms with Crippen LogP contribution in [0.1, 0.15) is 10.4 Å². The first-order chi connectivity index (χ1) is 4.72. The quantitative estimate of drug-likeness (QED) is 0.624. The zero-order valence-corrected chi connectivity index (χ0v) is 6.35. The van der Waals surface area contributed by atoms with Crippen molar-refractivity contribution in [3.63, 3.8) is 0 Å². The van der Waals surface area contributed by atoms with Gasteiger partial charge in [0.2, 0.25) is 0 Å². The molecule has 1 amide bonds. The van der Waals surface area contributed by atoms with Crippen LogP contribution in [0.4, 0.5) is 0 Å². The molecule has 0 aliphatic rings. The number of pyridine rings is 1. The Bertz CT molecular complexity index is 307. The summed E-state index contributed by atoms with van der Waals surface area (Å²) in [6, 6.07) is 2.92. The van der Waals surface area contributed by atoms with E-state index in [1.165, 1.54) is 12.3 Å². The molecule has 11 heavy (non-hydrogen) atoms. The van der Waals surface area contributed by atoms with Crippen molar-refractivity contribution in [2.24, 2.45) is 5.73 Å². The Morgan fingerprint density at radius 3 is 2.55 bits per heavy atom. The maximum atomic E-state index is 10.7. The van der Waals surface area contributed by atoms with Gasteiger partial charge in [-0.1, -0.05) is 0 Å². The highest BCUT2D eigenvalue weighted by Gasteiger charge is 2.02. The molecule has 0 aromatic carbocycles. The molecule has 3 N–H and O–H groups in total. The molecule has 0 spiro atoms. The number of primary amides is 1. The van der Waals surface area contributed by atoms with Crippen molar-refractivity contribution in [2.75, 3.05) is 0 Å². The molecule has 1 heterocycles. The van der Waals surface area contributed by atoms with Gasteiger partial charge in [-0.2, -0.15) is 0 Å². The van der Waals surface area contributed by atoms with Crippen LogP contribution in [0.15, 0.2) is 23.1 Å². The Hall–Kier alpha value is -1.29. The van der Waals surface area contributed by atoms with Gasteiger partial charge in [0.15, 0.2) is 0 Å². The second-order valence-electron chi connectivity index (χ2n) is 1.78. The molecule has 0 aliphatic heterocycles. The molecular weight excluding hydrogens is 168 g/mol. The van der Waals surface area contributed by atoms with Crippen LogP contribution in [0.2, 0.25) is 0 Å². The van der Waals surface area contributed by atoms with E-state index in [2.05, 4.69) is 4.98 Å². The topological polar surface area (TPSA) is 76.0 Å². The van der Waals surface area contributed by atoms with Crippen LogP contribution in [-0.4, -0.2) is 10.9 Å². The van der Waals surface area contributed by atoms with Crippen molar-refractivity contribution in [1.29, 1.82) is 0 Å². The van der Waals surface area contributed by atoms with Crippen molar-refractivity contribution >= 4 is 18.3 Å². The smallest absolute Gasteiger partial charge is 0.260 e. The third-order valence-corrected chi connectivity index (χ3v) is 1.08. The first-order valence-electron chi connectivity index (χ1n) is 2.69. The van der Waals surface area contributed by atoms with Gasteiger partial charge in [-0.3, -0.25) is 9.59 Å². The summed E-state index contributed by atoms with van der Waals surface area (Å²) in [4.78, 5) is 23.5. The summed E-state index contributed by atoms with van der Waals surface area (Å²) in [6.45, 7) is 0. The largest absolute Gasteiger partial charge is 0.365 e. The maximum absolute atomic E-state index is 10.7. The van der Waals surface area contributed by atoms with Crippen molar-refractivity contribution in [3.8, 4) is 0 Å². The zero-order chi connectivity index (χ0) is 7.56. The molecule has 4 nitrogen and oxygen atoms in total. The summed E-state index contributed by atoms with van der Waals surface area (Å²) in [5.41, 5.74) is 4.40. The van der Waals surface area contributed by atoms with Crippen LogP contribution in [-0.2, 0) is 0 Å². The van der Waals surface area contributed by atoms with Gasteiger partial charge in [-0.15, -0.1) is 12.4 Å². The summed E-state index contributed by atoms with van der Waals surface area (Å²) in [7, 11) is 0. The van der Waals surface area contributed by atoms with Crippen LogP contribution in [0.25, 0.3) is 0 Å². The summed E-state index contributed by atoms with van der Waals surface area (Å²) in [6.07, 6.45) is 1.44. The second-order valence-corrected chi connectivity index (χ2v) is 1.78. The number of aromatic nitrogens is 1. The van der Waals surface area contributed by atoms with Crippen LogP contribution < -0.4 is 11.3 Å². The normalized spacial score (nSPS) is 8.36. The minimum Gasteiger partial charge on any atom is -0.365 e. The molecule has 0 saturated carbocycles. The number of H-pyrrole nitrogens is 1. The lowest BCUT2D eigenvalue weighted by Gasteiger charge is -1.89. The summed E-state index contributed by atoms with van der Waals surface area (Å²) >= 11 is 0. The monoisotopic (exact) mass is 174 g/mol. The molecule has 0 unspecified atom stereocenters. The molecule has 0 atom stereocenters. The molecule has 0 radical (unpaired) electrons. The lowest BCUT2D eigenvalue weighted by Crippen LogP contribution is -2.22. The van der Waals surface area contributed by atoms with Crippen LogP contribution in [0.5, 0.6) is 0 Å². The maximum Gasteiger partial charge on any atom is 0.260 e. The first kappa shape index (κ1) is 9.71. The van der Waals surface area contributed by atoms with E-state index in [4.69, 9.17) is 5.73 Å². The first-order valence-corrected chi connectivity index (χ1v) is 2.69. The molecule has 1 rings (SSSR count). The molecule has 0 saturated heterocycles. The van der Waals surface area contributed by atoms with E-state index in [0.29, 0.717) is 0 Å². The van der Waals surface area contributed by atoms with Gasteiger partial charge in [0.05, 0.1) is 0 Å². The third-order valence-electron chi connectivity index (χ3n) is 1.08. The predicted molar refractivity (Wildman–Crippen MR) is 42.8 cm³/mol. The number of rotatable bonds is 1. The van der Waals surface area contributed by atoms with Gasteiger partial charge in [-0.25, -0.2) is 0 Å². The van der Waals surface area contributed by atoms with E-state index >= 15 is 0 Å². The van der Waals surface area contributed by atoms with E-state index in [1.54, 1.807) is 6.07 Å². The predicted octanol–water partition coefficient (Wildman–Crippen LogP) is -0.104. The van der Waals surface area contributed by atoms with Gasteiger partial charge in [-0.05, 0) is 12.1 Å². The highest BCUT2D eigenvalue weighted by atomic mass is 35.5. The van der Waals surface area contributed by atoms with Crippen molar-refractivity contribution in [2.45, 2.75) is 0 Å². The van der Waals surface area contributed by atoms with Crippen molar-refractivity contribution in [3.05, 3.63) is 34.2 Å². The average molecular weight is 175 g/mol. The number of halogens is 1. The summed E-state index contributed by atoms with van der Waals surface area (Å²) in [5.74, 6) is -0.707. The Morgan fingerprint density at radius 1 is 1.55 bits per heavy atom. The Morgan fingerprint density at radius 2 is 2.18 bits per heavy atom. The van der Waals surface area contributed by atoms with E-state index in [1.807, 2.05) is 0 Å². The Kier molecular flexibility index (Phi) is 3.33. The SMILES string of the molecule is Cl.NC(=O)c1ccc[nH]c1=O. The van der Waals surface area contributed by atoms with Gasteiger partial charge < -0.3 is 10.7 Å². The summed E-state index contributed by atoms with van der Waals surface area (Å²) in [5, 5.41) is 0. The second kappa shape index (κ2) is 3.78. The lowest BCUT2D eigenvalue weighted by atomic mass is 10.3. The van der Waals surface area contributed by atoms with E-state index in [-0.39, 0.29) is 18.0 Å². The molecular formula is C6H7ClN2O2. The molecule has 1 aromatic rings. The van der Waals surface area contributed by atoms with Gasteiger partial charge in [0.1, 0.15) is 5.56 Å². The fraction of sp³-hybridized carbons (Fsp3) is 0. The number of hydrogen-bond donors (Lipinski definition) is 2. The van der Waals surface area contributed by atoms with Crippen molar-refractivity contribution < 1.29 is 4.79 Å². The molecule has 0 bridgehead atoms. The average Bonchev–Trinajstić information content (AvgIpc) is 1.88. The molecule has 1 aromatic heterocycles. The number of aromatic amines is 1. The minimum absolute atomic E-state index is 0. The van der Waals surface area contributed by atoms with E-state index in [0.717, 1.165) is 0 Å². The number of carbonyl (C=O) groups excluding carboxylic acids is 1. The molecule has 60 valence electrons. The highest BCUT2D eigenvalue weighted by molar-refractivity contribution is 5.92. The fourth-order valence-corrected chi connectivity index (χ4v) is 0.616. The van der Waals surface area contributed by atoms with E-state index < -0.39 is 11.5 Å². The van der Waals surface area contributed by atoms with Crippen LogP contribution in [0, 0.1) is 0 Å². The Labute approximate surface area is 68.8 Å². The lowest BCUT2D eigenvalue weighted by molar-refractivity contribution is 0.0999. The number of nitrogens with one attached hydrogen (secondary N) is 1. The molecule has 5 heteroatoms. The van der Waals surface area contributed by atoms with Gasteiger partial charge in [0.25, 0.3) is 11.5 Å². The van der Waals surface area contributed by atoms with E-state index in [9.17, 15) is 9.59 Å². The van der Waals surface area contributed by atoms with Crippen LogP contribution in [0.3, 0.4) is 0 Å². The van der Waals surface area contributed by atoms with Gasteiger partial charge in [0, 0.05) is 6.20 Å². The Balaban J connectivity index is 0.000001000. The van der Waals surface area contributed by atoms with Gasteiger partial charge >= 0.3 is 0 Å². The number of nitrogens with two attached hydrogens (primary N) is 1. The zero-order valence-electron chi connectivity index (χ0n) is 5.53. The minimum atomic E-state index is -0.707.